The second kappa shape index (κ2) is 11.0. The molecule has 0 radical (unpaired) electrons. The lowest BCUT2D eigenvalue weighted by Gasteiger charge is -2.28. The van der Waals surface area contributed by atoms with E-state index in [2.05, 4.69) is 102 Å². The van der Waals surface area contributed by atoms with Gasteiger partial charge in [-0.3, -0.25) is 0 Å². The molecule has 0 saturated carbocycles. The van der Waals surface area contributed by atoms with Crippen LogP contribution in [0.15, 0.2) is 87.1 Å². The summed E-state index contributed by atoms with van der Waals surface area (Å²) in [6, 6.07) is 22.5. The third kappa shape index (κ3) is 5.36. The van der Waals surface area contributed by atoms with Crippen LogP contribution in [0.1, 0.15) is 26.2 Å². The Morgan fingerprint density at radius 3 is 2.32 bits per heavy atom. The number of nitrogens with zero attached hydrogens (tertiary/aromatic N) is 1. The molecule has 1 N–H and O–H groups in total. The van der Waals surface area contributed by atoms with Gasteiger partial charge in [-0.15, -0.1) is 0 Å². The summed E-state index contributed by atoms with van der Waals surface area (Å²) in [7, 11) is 1.24. The molecule has 3 nitrogen and oxygen atoms in total. The van der Waals surface area contributed by atoms with Gasteiger partial charge in [0.1, 0.15) is 24.9 Å². The number of allylic oxidation sites excluding steroid dienone is 4. The molecule has 3 atom stereocenters. The standard InChI is InChI=1S/C26H30IN2OP/c1-20(31(22-12-5-3-6-13-22)23-14-7-4-8-15-23)26(24-16-9-17-25(24)27)28-29-18-10-11-21(29)19-30-2/h3-9,12-15,17,20-21H,10-11,16,18-19H2,1-2H3/p+1/b28-26+. The normalized spacial score (nSPS) is 22.5. The monoisotopic (exact) mass is 545 g/mol. The van der Waals surface area contributed by atoms with Crippen molar-refractivity contribution in [1.82, 2.24) is 0 Å². The highest BCUT2D eigenvalue weighted by atomic mass is 127. The Labute approximate surface area is 201 Å². The molecule has 162 valence electrons. The number of hydrogen-bond donors (Lipinski definition) is 1. The Morgan fingerprint density at radius 2 is 1.77 bits per heavy atom. The molecular weight excluding hydrogens is 514 g/mol. The van der Waals surface area contributed by atoms with Crippen LogP contribution in [0.5, 0.6) is 0 Å². The van der Waals surface area contributed by atoms with E-state index in [-0.39, 0.29) is 0 Å². The van der Waals surface area contributed by atoms with E-state index in [1.165, 1.54) is 43.3 Å². The summed E-state index contributed by atoms with van der Waals surface area (Å²) in [4.78, 5) is 0. The highest BCUT2D eigenvalue weighted by Gasteiger charge is 2.34. The van der Waals surface area contributed by atoms with E-state index in [4.69, 9.17) is 9.84 Å². The number of nitrogens with one attached hydrogen (secondary N) is 1. The lowest BCUT2D eigenvalue weighted by Crippen LogP contribution is -3.10. The van der Waals surface area contributed by atoms with E-state index in [1.54, 1.807) is 7.11 Å². The van der Waals surface area contributed by atoms with Crippen LogP contribution in [-0.2, 0) is 4.74 Å². The van der Waals surface area contributed by atoms with Crippen molar-refractivity contribution >= 4 is 46.8 Å². The van der Waals surface area contributed by atoms with Crippen LogP contribution in [0.3, 0.4) is 0 Å². The minimum Gasteiger partial charge on any atom is -0.378 e. The number of hydrogen-bond acceptors (Lipinski definition) is 2. The predicted molar refractivity (Wildman–Crippen MR) is 141 cm³/mol. The van der Waals surface area contributed by atoms with E-state index < -0.39 is 7.92 Å². The van der Waals surface area contributed by atoms with Gasteiger partial charge in [0.2, 0.25) is 0 Å². The fraction of sp³-hybridized carbons (Fsp3) is 0.346. The second-order valence-electron chi connectivity index (χ2n) is 8.18. The van der Waals surface area contributed by atoms with Gasteiger partial charge in [-0.2, -0.15) is 0 Å². The van der Waals surface area contributed by atoms with Crippen molar-refractivity contribution in [2.75, 3.05) is 20.3 Å². The van der Waals surface area contributed by atoms with Crippen molar-refractivity contribution in [2.24, 2.45) is 5.10 Å². The third-order valence-corrected chi connectivity index (χ3v) is 9.86. The summed E-state index contributed by atoms with van der Waals surface area (Å²) in [5, 5.41) is 9.61. The van der Waals surface area contributed by atoms with Gasteiger partial charge < -0.3 is 4.74 Å². The maximum Gasteiger partial charge on any atom is 0.135 e. The van der Waals surface area contributed by atoms with E-state index in [1.807, 2.05) is 0 Å². The summed E-state index contributed by atoms with van der Waals surface area (Å²) in [6.45, 7) is 4.26. The van der Waals surface area contributed by atoms with E-state index in [9.17, 15) is 0 Å². The number of benzene rings is 2. The van der Waals surface area contributed by atoms with Gasteiger partial charge in [0.05, 0.1) is 0 Å². The van der Waals surface area contributed by atoms with Gasteiger partial charge in [-0.25, -0.2) is 5.01 Å². The summed E-state index contributed by atoms with van der Waals surface area (Å²) in [5.41, 5.74) is 3.02. The van der Waals surface area contributed by atoms with Gasteiger partial charge in [-0.1, -0.05) is 84.8 Å². The first-order valence-corrected chi connectivity index (χ1v) is 13.6. The molecule has 5 heteroatoms. The van der Waals surface area contributed by atoms with Crippen LogP contribution in [0.2, 0.25) is 0 Å². The van der Waals surface area contributed by atoms with Gasteiger partial charge in [0, 0.05) is 29.2 Å². The average Bonchev–Trinajstić information content (AvgIpc) is 3.42. The van der Waals surface area contributed by atoms with Crippen molar-refractivity contribution in [2.45, 2.75) is 37.9 Å². The molecule has 4 rings (SSSR count). The SMILES string of the molecule is COCC1CCC[NH+]1/N=C(/C1=C(I)C=CC1)C(C)P(c1ccccc1)c1ccccc1. The summed E-state index contributed by atoms with van der Waals surface area (Å²) in [6.07, 6.45) is 7.91. The second-order valence-corrected chi connectivity index (χ2v) is 11.9. The zero-order chi connectivity index (χ0) is 21.6. The summed E-state index contributed by atoms with van der Waals surface area (Å²) >= 11 is 2.49. The zero-order valence-corrected chi connectivity index (χ0v) is 21.4. The minimum absolute atomic E-state index is 0.329. The number of ether oxygens (including phenoxy) is 1. The molecule has 1 saturated heterocycles. The smallest absolute Gasteiger partial charge is 0.135 e. The Morgan fingerprint density at radius 1 is 1.13 bits per heavy atom. The number of methoxy groups -OCH3 is 1. The maximum absolute atomic E-state index is 5.52. The quantitative estimate of drug-likeness (QED) is 0.301. The van der Waals surface area contributed by atoms with Crippen molar-refractivity contribution in [3.63, 3.8) is 0 Å². The first-order valence-electron chi connectivity index (χ1n) is 11.1. The molecule has 2 aliphatic rings. The molecule has 2 aromatic carbocycles. The Bertz CT molecular complexity index is 918. The van der Waals surface area contributed by atoms with Crippen LogP contribution in [0.4, 0.5) is 0 Å². The number of rotatable bonds is 8. The van der Waals surface area contributed by atoms with Gasteiger partial charge >= 0.3 is 0 Å². The molecule has 31 heavy (non-hydrogen) atoms. The topological polar surface area (TPSA) is 26.0 Å². The van der Waals surface area contributed by atoms with Crippen molar-refractivity contribution < 1.29 is 9.75 Å². The molecular formula is C26H31IN2OP+. The molecule has 1 fully saturated rings. The first kappa shape index (κ1) is 22.8. The Kier molecular flexibility index (Phi) is 8.11. The Hall–Kier alpha value is -1.33. The largest absolute Gasteiger partial charge is 0.378 e. The molecule has 0 aromatic heterocycles. The van der Waals surface area contributed by atoms with Crippen molar-refractivity contribution in [1.29, 1.82) is 0 Å². The molecule has 1 aliphatic carbocycles. The summed E-state index contributed by atoms with van der Waals surface area (Å²) < 4.78 is 6.85. The zero-order valence-electron chi connectivity index (χ0n) is 18.3. The Balaban J connectivity index is 1.77. The predicted octanol–water partition coefficient (Wildman–Crippen LogP) is 4.21. The molecule has 2 aromatic rings. The molecule has 3 unspecified atom stereocenters. The third-order valence-electron chi connectivity index (χ3n) is 6.12. The molecule has 0 amide bonds. The highest BCUT2D eigenvalue weighted by Crippen LogP contribution is 2.42. The van der Waals surface area contributed by atoms with Crippen LogP contribution in [-0.4, -0.2) is 37.7 Å². The average molecular weight is 545 g/mol. The van der Waals surface area contributed by atoms with Gasteiger partial charge in [0.25, 0.3) is 0 Å². The van der Waals surface area contributed by atoms with E-state index >= 15 is 0 Å². The van der Waals surface area contributed by atoms with E-state index in [0.29, 0.717) is 11.7 Å². The molecule has 1 heterocycles. The number of halogens is 1. The van der Waals surface area contributed by atoms with Crippen molar-refractivity contribution in [3.05, 3.63) is 82.0 Å². The molecule has 0 bridgehead atoms. The first-order chi connectivity index (χ1) is 15.2. The fourth-order valence-electron chi connectivity index (χ4n) is 4.60. The van der Waals surface area contributed by atoms with Crippen molar-refractivity contribution in [3.8, 4) is 0 Å². The lowest BCUT2D eigenvalue weighted by molar-refractivity contribution is -0.919. The van der Waals surface area contributed by atoms with Crippen LogP contribution < -0.4 is 15.6 Å². The number of quaternary nitrogens is 1. The molecule has 0 spiro atoms. The molecule has 1 aliphatic heterocycles. The van der Waals surface area contributed by atoms with Crippen LogP contribution in [0.25, 0.3) is 0 Å². The summed E-state index contributed by atoms with van der Waals surface area (Å²) in [5.74, 6) is 0. The van der Waals surface area contributed by atoms with Crippen LogP contribution >= 0.6 is 30.5 Å². The maximum atomic E-state index is 5.52. The van der Waals surface area contributed by atoms with Crippen LogP contribution in [0, 0.1) is 0 Å². The lowest BCUT2D eigenvalue weighted by atomic mass is 10.1. The highest BCUT2D eigenvalue weighted by molar-refractivity contribution is 14.1. The fourth-order valence-corrected chi connectivity index (χ4v) is 7.99. The minimum atomic E-state index is -0.570. The van der Waals surface area contributed by atoms with E-state index in [0.717, 1.165) is 19.6 Å². The van der Waals surface area contributed by atoms with Gasteiger partial charge in [0.15, 0.2) is 0 Å². The van der Waals surface area contributed by atoms with Gasteiger partial charge in [-0.05, 0) is 53.1 Å².